The first-order valence-electron chi connectivity index (χ1n) is 8.54. The zero-order valence-corrected chi connectivity index (χ0v) is 14.9. The summed E-state index contributed by atoms with van der Waals surface area (Å²) in [4.78, 5) is 28.5. The van der Waals surface area contributed by atoms with Gasteiger partial charge in [-0.3, -0.25) is 9.78 Å². The molecule has 1 aliphatic rings. The normalized spacial score (nSPS) is 20.4. The zero-order valence-electron chi connectivity index (χ0n) is 14.1. The van der Waals surface area contributed by atoms with Crippen LogP contribution < -0.4 is 0 Å². The largest absolute Gasteiger partial charge is 0.478 e. The first-order chi connectivity index (χ1) is 12.1. The van der Waals surface area contributed by atoms with E-state index in [-0.39, 0.29) is 17.5 Å². The van der Waals surface area contributed by atoms with E-state index >= 15 is 0 Å². The van der Waals surface area contributed by atoms with Crippen LogP contribution >= 0.6 is 11.8 Å². The Balaban J connectivity index is 1.78. The summed E-state index contributed by atoms with van der Waals surface area (Å²) >= 11 is 1.60. The van der Waals surface area contributed by atoms with Crippen LogP contribution in [-0.4, -0.2) is 33.9 Å². The maximum Gasteiger partial charge on any atom is 0.338 e. The van der Waals surface area contributed by atoms with E-state index in [0.29, 0.717) is 11.9 Å². The molecule has 1 aliphatic carbocycles. The van der Waals surface area contributed by atoms with E-state index in [4.69, 9.17) is 4.74 Å². The average molecular weight is 359 g/mol. The molecule has 0 saturated heterocycles. The second kappa shape index (κ2) is 7.87. The summed E-state index contributed by atoms with van der Waals surface area (Å²) in [6.07, 6.45) is 4.79. The molecular weight excluding hydrogens is 338 g/mol. The molecule has 0 spiro atoms. The first-order valence-corrected chi connectivity index (χ1v) is 9.42. The topological polar surface area (TPSA) is 76.5 Å². The van der Waals surface area contributed by atoms with Gasteiger partial charge in [-0.2, -0.15) is 0 Å². The molecule has 0 aliphatic heterocycles. The number of benzene rings is 1. The van der Waals surface area contributed by atoms with Crippen molar-refractivity contribution in [3.8, 4) is 0 Å². The summed E-state index contributed by atoms with van der Waals surface area (Å²) in [5.41, 5.74) is 1.05. The highest BCUT2D eigenvalue weighted by molar-refractivity contribution is 8.00. The van der Waals surface area contributed by atoms with E-state index in [1.807, 2.05) is 31.2 Å². The number of pyridine rings is 1. The molecule has 1 fully saturated rings. The van der Waals surface area contributed by atoms with Gasteiger partial charge >= 0.3 is 11.9 Å². The number of fused-ring (bicyclic) bond motifs is 1. The monoisotopic (exact) mass is 359 g/mol. The third-order valence-electron chi connectivity index (χ3n) is 4.54. The summed E-state index contributed by atoms with van der Waals surface area (Å²) in [5, 5.41) is 10.7. The molecule has 132 valence electrons. The lowest BCUT2D eigenvalue weighted by molar-refractivity contribution is -0.149. The lowest BCUT2D eigenvalue weighted by Crippen LogP contribution is -2.24. The van der Waals surface area contributed by atoms with Crippen molar-refractivity contribution >= 4 is 34.6 Å². The fourth-order valence-electron chi connectivity index (χ4n) is 3.24. The van der Waals surface area contributed by atoms with Crippen molar-refractivity contribution in [2.75, 3.05) is 6.61 Å². The standard InChI is InChI=1S/C19H21NO4S/c1-2-24-19(23)12-7-9-13(10-8-12)25-17-14-5-3-4-6-16(14)20-11-15(17)18(21)22/h3-6,11-13H,2,7-10H2,1H3,(H,21,22). The Labute approximate surface area is 150 Å². The number of nitrogens with zero attached hydrogens (tertiary/aromatic N) is 1. The number of ether oxygens (including phenoxy) is 1. The van der Waals surface area contributed by atoms with Crippen LogP contribution in [0.1, 0.15) is 43.0 Å². The molecule has 3 rings (SSSR count). The van der Waals surface area contributed by atoms with Crippen molar-refractivity contribution in [3.63, 3.8) is 0 Å². The quantitative estimate of drug-likeness (QED) is 0.808. The summed E-state index contributed by atoms with van der Waals surface area (Å²) in [5.74, 6) is -1.09. The zero-order chi connectivity index (χ0) is 17.8. The van der Waals surface area contributed by atoms with Gasteiger partial charge in [0.2, 0.25) is 0 Å². The molecule has 1 saturated carbocycles. The van der Waals surface area contributed by atoms with E-state index < -0.39 is 5.97 Å². The number of carbonyl (C=O) groups is 2. The Morgan fingerprint density at radius 2 is 1.96 bits per heavy atom. The Hall–Kier alpha value is -2.08. The summed E-state index contributed by atoms with van der Waals surface area (Å²) in [6, 6.07) is 7.61. The second-order valence-electron chi connectivity index (χ2n) is 6.17. The number of carboxylic acid groups (broad SMARTS) is 1. The predicted molar refractivity (Wildman–Crippen MR) is 96.9 cm³/mol. The van der Waals surface area contributed by atoms with Gasteiger partial charge in [-0.15, -0.1) is 11.8 Å². The van der Waals surface area contributed by atoms with Crippen molar-refractivity contribution < 1.29 is 19.4 Å². The van der Waals surface area contributed by atoms with Gasteiger partial charge in [0.05, 0.1) is 23.6 Å². The van der Waals surface area contributed by atoms with Crippen LogP contribution in [0.25, 0.3) is 10.9 Å². The van der Waals surface area contributed by atoms with E-state index in [1.54, 1.807) is 11.8 Å². The molecule has 1 heterocycles. The maximum absolute atomic E-state index is 11.9. The van der Waals surface area contributed by atoms with Crippen LogP contribution in [0.3, 0.4) is 0 Å². The number of para-hydroxylation sites is 1. The van der Waals surface area contributed by atoms with Gasteiger partial charge in [0.25, 0.3) is 0 Å². The summed E-state index contributed by atoms with van der Waals surface area (Å²) in [6.45, 7) is 2.24. The molecule has 0 unspecified atom stereocenters. The van der Waals surface area contributed by atoms with E-state index in [0.717, 1.165) is 41.5 Å². The summed E-state index contributed by atoms with van der Waals surface area (Å²) < 4.78 is 5.11. The summed E-state index contributed by atoms with van der Waals surface area (Å²) in [7, 11) is 0. The molecule has 0 amide bonds. The van der Waals surface area contributed by atoms with Crippen LogP contribution in [-0.2, 0) is 9.53 Å². The lowest BCUT2D eigenvalue weighted by Gasteiger charge is -2.27. The number of rotatable bonds is 5. The van der Waals surface area contributed by atoms with Crippen LogP contribution in [0.2, 0.25) is 0 Å². The third-order valence-corrected chi connectivity index (χ3v) is 6.02. The van der Waals surface area contributed by atoms with Gasteiger partial charge in [-0.25, -0.2) is 4.79 Å². The predicted octanol–water partition coefficient (Wildman–Crippen LogP) is 4.15. The molecule has 1 aromatic carbocycles. The first kappa shape index (κ1) is 17.7. The van der Waals surface area contributed by atoms with E-state index in [2.05, 4.69) is 4.98 Å². The Morgan fingerprint density at radius 1 is 1.24 bits per heavy atom. The van der Waals surface area contributed by atoms with Crippen molar-refractivity contribution in [1.82, 2.24) is 4.98 Å². The van der Waals surface area contributed by atoms with Gasteiger partial charge < -0.3 is 9.84 Å². The van der Waals surface area contributed by atoms with Gasteiger partial charge in [-0.1, -0.05) is 18.2 Å². The molecule has 2 aromatic rings. The molecule has 1 aromatic heterocycles. The van der Waals surface area contributed by atoms with Crippen LogP contribution in [0.5, 0.6) is 0 Å². The van der Waals surface area contributed by atoms with Crippen molar-refractivity contribution in [1.29, 1.82) is 0 Å². The minimum Gasteiger partial charge on any atom is -0.478 e. The molecule has 25 heavy (non-hydrogen) atoms. The lowest BCUT2D eigenvalue weighted by atomic mass is 9.89. The number of esters is 1. The molecule has 0 bridgehead atoms. The SMILES string of the molecule is CCOC(=O)C1CCC(Sc2c(C(=O)O)cnc3ccccc23)CC1. The fraction of sp³-hybridized carbons (Fsp3) is 0.421. The molecule has 6 heteroatoms. The average Bonchev–Trinajstić information content (AvgIpc) is 2.62. The second-order valence-corrected chi connectivity index (χ2v) is 7.48. The number of hydrogen-bond acceptors (Lipinski definition) is 5. The number of aromatic nitrogens is 1. The number of aromatic carboxylic acids is 1. The minimum absolute atomic E-state index is 0.0232. The van der Waals surface area contributed by atoms with Crippen LogP contribution in [0, 0.1) is 5.92 Å². The Kier molecular flexibility index (Phi) is 5.58. The van der Waals surface area contributed by atoms with Gasteiger partial charge in [-0.05, 0) is 38.7 Å². The fourth-order valence-corrected chi connectivity index (χ4v) is 4.65. The minimum atomic E-state index is -0.957. The number of carbonyl (C=O) groups excluding carboxylic acids is 1. The molecule has 5 nitrogen and oxygen atoms in total. The molecular formula is C19H21NO4S. The van der Waals surface area contributed by atoms with Crippen molar-refractivity contribution in [2.24, 2.45) is 5.92 Å². The molecule has 0 radical (unpaired) electrons. The Morgan fingerprint density at radius 3 is 2.64 bits per heavy atom. The third kappa shape index (κ3) is 3.95. The highest BCUT2D eigenvalue weighted by Gasteiger charge is 2.29. The number of hydrogen-bond donors (Lipinski definition) is 1. The Bertz CT molecular complexity index is 784. The van der Waals surface area contributed by atoms with Gasteiger partial charge in [0.1, 0.15) is 0 Å². The van der Waals surface area contributed by atoms with Crippen molar-refractivity contribution in [3.05, 3.63) is 36.0 Å². The van der Waals surface area contributed by atoms with Crippen molar-refractivity contribution in [2.45, 2.75) is 42.8 Å². The smallest absolute Gasteiger partial charge is 0.338 e. The van der Waals surface area contributed by atoms with Crippen LogP contribution in [0.4, 0.5) is 0 Å². The highest BCUT2D eigenvalue weighted by atomic mass is 32.2. The molecule has 1 N–H and O–H groups in total. The van der Waals surface area contributed by atoms with E-state index in [1.165, 1.54) is 6.20 Å². The number of thioether (sulfide) groups is 1. The van der Waals surface area contributed by atoms with Crippen LogP contribution in [0.15, 0.2) is 35.4 Å². The molecule has 0 atom stereocenters. The van der Waals surface area contributed by atoms with Gasteiger partial charge in [0, 0.05) is 21.7 Å². The van der Waals surface area contributed by atoms with E-state index in [9.17, 15) is 14.7 Å². The maximum atomic E-state index is 11.9. The van der Waals surface area contributed by atoms with Gasteiger partial charge in [0.15, 0.2) is 0 Å². The number of carboxylic acids is 1. The highest BCUT2D eigenvalue weighted by Crippen LogP contribution is 2.40.